The molecule has 0 radical (unpaired) electrons. The molecule has 0 spiro atoms. The summed E-state index contributed by atoms with van der Waals surface area (Å²) in [5.41, 5.74) is 1.06. The van der Waals surface area contributed by atoms with Gasteiger partial charge < -0.3 is 0 Å². The van der Waals surface area contributed by atoms with Gasteiger partial charge in [-0.25, -0.2) is 21.9 Å². The molecule has 1 aromatic rings. The molecule has 0 aromatic heterocycles. The van der Waals surface area contributed by atoms with Crippen LogP contribution in [0.1, 0.15) is 12.5 Å². The Morgan fingerprint density at radius 3 is 2.50 bits per heavy atom. The molecular formula is C15H22F2N2O2S. The molecule has 1 aliphatic rings. The van der Waals surface area contributed by atoms with Crippen LogP contribution in [0.25, 0.3) is 0 Å². The van der Waals surface area contributed by atoms with Crippen molar-refractivity contribution in [3.63, 3.8) is 0 Å². The van der Waals surface area contributed by atoms with Crippen molar-refractivity contribution in [1.29, 1.82) is 0 Å². The van der Waals surface area contributed by atoms with E-state index in [1.165, 1.54) is 6.92 Å². The topological polar surface area (TPSA) is 49.4 Å². The molecule has 4 nitrogen and oxygen atoms in total. The van der Waals surface area contributed by atoms with E-state index in [1.807, 2.05) is 35.2 Å². The predicted molar refractivity (Wildman–Crippen MR) is 82.2 cm³/mol. The summed E-state index contributed by atoms with van der Waals surface area (Å²) in [6.45, 7) is 2.36. The number of sulfonamides is 1. The third-order valence-electron chi connectivity index (χ3n) is 4.05. The zero-order valence-corrected chi connectivity index (χ0v) is 13.6. The number of benzene rings is 1. The van der Waals surface area contributed by atoms with Gasteiger partial charge in [0.2, 0.25) is 10.0 Å². The van der Waals surface area contributed by atoms with Gasteiger partial charge in [-0.1, -0.05) is 37.3 Å². The van der Waals surface area contributed by atoms with E-state index in [2.05, 4.69) is 4.72 Å². The maximum Gasteiger partial charge on any atom is 0.257 e. The number of piperidine rings is 1. The normalized spacial score (nSPS) is 26.0. The summed E-state index contributed by atoms with van der Waals surface area (Å²) in [6.07, 6.45) is 0.985. The highest BCUT2D eigenvalue weighted by Gasteiger charge is 2.49. The fourth-order valence-corrected chi connectivity index (χ4v) is 3.35. The fourth-order valence-electron chi connectivity index (χ4n) is 2.84. The molecule has 22 heavy (non-hydrogen) atoms. The van der Waals surface area contributed by atoms with E-state index < -0.39 is 27.8 Å². The van der Waals surface area contributed by atoms with Crippen molar-refractivity contribution in [2.75, 3.05) is 25.9 Å². The molecule has 124 valence electrons. The monoisotopic (exact) mass is 332 g/mol. The number of likely N-dealkylation sites (tertiary alicyclic amines) is 1. The van der Waals surface area contributed by atoms with E-state index in [9.17, 15) is 17.2 Å². The van der Waals surface area contributed by atoms with Gasteiger partial charge in [0, 0.05) is 38.0 Å². The fraction of sp³-hybridized carbons (Fsp3) is 0.600. The van der Waals surface area contributed by atoms with Crippen LogP contribution in [-0.2, 0) is 16.6 Å². The molecule has 0 aliphatic carbocycles. The van der Waals surface area contributed by atoms with Gasteiger partial charge in [0.05, 0.1) is 6.26 Å². The summed E-state index contributed by atoms with van der Waals surface area (Å²) in [4.78, 5) is 1.96. The Hall–Kier alpha value is -1.05. The standard InChI is InChI=1S/C15H22F2N2O2S/c1-12-9-19(10-13-6-4-3-5-7-13)11-14(15(12,16)17)8-18-22(2,20)21/h3-7,12,14,18H,8-11H2,1-2H3. The number of hydrogen-bond acceptors (Lipinski definition) is 3. The molecule has 2 unspecified atom stereocenters. The average Bonchev–Trinajstić information content (AvgIpc) is 2.41. The highest BCUT2D eigenvalue weighted by Crippen LogP contribution is 2.38. The van der Waals surface area contributed by atoms with Crippen LogP contribution >= 0.6 is 0 Å². The first kappa shape index (κ1) is 17.3. The largest absolute Gasteiger partial charge is 0.298 e. The van der Waals surface area contributed by atoms with E-state index in [1.54, 1.807) is 0 Å². The second-order valence-electron chi connectivity index (χ2n) is 6.07. The Morgan fingerprint density at radius 1 is 1.27 bits per heavy atom. The maximum atomic E-state index is 14.3. The molecule has 0 bridgehead atoms. The van der Waals surface area contributed by atoms with E-state index in [0.717, 1.165) is 11.8 Å². The number of nitrogens with zero attached hydrogens (tertiary/aromatic N) is 1. The van der Waals surface area contributed by atoms with E-state index in [0.29, 0.717) is 13.1 Å². The zero-order chi connectivity index (χ0) is 16.4. The molecule has 1 aliphatic heterocycles. The summed E-state index contributed by atoms with van der Waals surface area (Å²) in [6, 6.07) is 9.66. The molecule has 1 aromatic carbocycles. The second kappa shape index (κ2) is 6.60. The highest BCUT2D eigenvalue weighted by atomic mass is 32.2. The van der Waals surface area contributed by atoms with E-state index in [4.69, 9.17) is 0 Å². The van der Waals surface area contributed by atoms with Gasteiger partial charge >= 0.3 is 0 Å². The molecular weight excluding hydrogens is 310 g/mol. The number of hydrogen-bond donors (Lipinski definition) is 1. The lowest BCUT2D eigenvalue weighted by Crippen LogP contribution is -2.55. The van der Waals surface area contributed by atoms with Crippen molar-refractivity contribution >= 4 is 10.0 Å². The first-order valence-corrected chi connectivity index (χ1v) is 9.16. The van der Waals surface area contributed by atoms with Crippen molar-refractivity contribution in [1.82, 2.24) is 9.62 Å². The predicted octanol–water partition coefficient (Wildman–Crippen LogP) is 1.94. The maximum absolute atomic E-state index is 14.3. The Balaban J connectivity index is 2.06. The van der Waals surface area contributed by atoms with E-state index >= 15 is 0 Å². The number of nitrogens with one attached hydrogen (secondary N) is 1. The molecule has 2 atom stereocenters. The summed E-state index contributed by atoms with van der Waals surface area (Å²) < 4.78 is 53.1. The van der Waals surface area contributed by atoms with Crippen molar-refractivity contribution in [3.05, 3.63) is 35.9 Å². The summed E-state index contributed by atoms with van der Waals surface area (Å²) in [7, 11) is -3.47. The molecule has 2 rings (SSSR count). The van der Waals surface area contributed by atoms with E-state index in [-0.39, 0.29) is 13.1 Å². The van der Waals surface area contributed by atoms with Gasteiger partial charge in [-0.15, -0.1) is 0 Å². The van der Waals surface area contributed by atoms with Crippen LogP contribution in [-0.4, -0.2) is 45.1 Å². The molecule has 7 heteroatoms. The summed E-state index contributed by atoms with van der Waals surface area (Å²) in [5.74, 6) is -4.70. The van der Waals surface area contributed by atoms with Crippen molar-refractivity contribution < 1.29 is 17.2 Å². The van der Waals surface area contributed by atoms with Gasteiger partial charge in [0.1, 0.15) is 0 Å². The number of halogens is 2. The van der Waals surface area contributed by atoms with Gasteiger partial charge in [0.25, 0.3) is 5.92 Å². The molecule has 1 N–H and O–H groups in total. The van der Waals surface area contributed by atoms with Crippen LogP contribution in [0.3, 0.4) is 0 Å². The Labute approximate surface area is 130 Å². The third-order valence-corrected chi connectivity index (χ3v) is 4.74. The number of alkyl halides is 2. The minimum Gasteiger partial charge on any atom is -0.298 e. The molecule has 1 heterocycles. The van der Waals surface area contributed by atoms with Gasteiger partial charge in [-0.05, 0) is 5.56 Å². The van der Waals surface area contributed by atoms with Gasteiger partial charge in [-0.3, -0.25) is 4.90 Å². The summed E-state index contributed by atoms with van der Waals surface area (Å²) >= 11 is 0. The molecule has 1 saturated heterocycles. The Kier molecular flexibility index (Phi) is 5.19. The quantitative estimate of drug-likeness (QED) is 0.896. The zero-order valence-electron chi connectivity index (χ0n) is 12.8. The van der Waals surface area contributed by atoms with Crippen LogP contribution in [0.15, 0.2) is 30.3 Å². The average molecular weight is 332 g/mol. The molecule has 0 amide bonds. The van der Waals surface area contributed by atoms with Crippen LogP contribution in [0.2, 0.25) is 0 Å². The van der Waals surface area contributed by atoms with Crippen LogP contribution < -0.4 is 4.72 Å². The Morgan fingerprint density at radius 2 is 1.91 bits per heavy atom. The minimum atomic E-state index is -3.47. The summed E-state index contributed by atoms with van der Waals surface area (Å²) in [5, 5.41) is 0. The van der Waals surface area contributed by atoms with Crippen molar-refractivity contribution in [2.45, 2.75) is 19.4 Å². The van der Waals surface area contributed by atoms with Crippen molar-refractivity contribution in [3.8, 4) is 0 Å². The van der Waals surface area contributed by atoms with Crippen molar-refractivity contribution in [2.24, 2.45) is 11.8 Å². The van der Waals surface area contributed by atoms with Crippen LogP contribution in [0.4, 0.5) is 8.78 Å². The second-order valence-corrected chi connectivity index (χ2v) is 7.91. The first-order chi connectivity index (χ1) is 10.2. The number of rotatable bonds is 5. The highest BCUT2D eigenvalue weighted by molar-refractivity contribution is 7.88. The SMILES string of the molecule is CC1CN(Cc2ccccc2)CC(CNS(C)(=O)=O)C1(F)F. The minimum absolute atomic E-state index is 0.175. The smallest absolute Gasteiger partial charge is 0.257 e. The van der Waals surface area contributed by atoms with Gasteiger partial charge in [0.15, 0.2) is 0 Å². The lowest BCUT2D eigenvalue weighted by molar-refractivity contribution is -0.143. The first-order valence-electron chi connectivity index (χ1n) is 7.27. The Bertz CT molecular complexity index is 593. The lowest BCUT2D eigenvalue weighted by Gasteiger charge is -2.42. The van der Waals surface area contributed by atoms with Crippen LogP contribution in [0, 0.1) is 11.8 Å². The van der Waals surface area contributed by atoms with Crippen LogP contribution in [0.5, 0.6) is 0 Å². The third kappa shape index (κ3) is 4.47. The molecule has 0 saturated carbocycles. The molecule has 1 fully saturated rings. The van der Waals surface area contributed by atoms with Gasteiger partial charge in [-0.2, -0.15) is 0 Å². The lowest BCUT2D eigenvalue weighted by atomic mass is 9.85.